The van der Waals surface area contributed by atoms with Crippen molar-refractivity contribution in [1.82, 2.24) is 16.0 Å². The van der Waals surface area contributed by atoms with Crippen LogP contribution in [0.4, 0.5) is 0 Å². The van der Waals surface area contributed by atoms with Gasteiger partial charge in [0.2, 0.25) is 0 Å². The lowest BCUT2D eigenvalue weighted by Crippen LogP contribution is -2.74. The van der Waals surface area contributed by atoms with Crippen molar-refractivity contribution in [3.63, 3.8) is 0 Å². The summed E-state index contributed by atoms with van der Waals surface area (Å²) in [5.41, 5.74) is 0. The Morgan fingerprint density at radius 2 is 0.691 bits per heavy atom. The average Bonchev–Trinajstić information content (AvgIpc) is 3.14. The van der Waals surface area contributed by atoms with Gasteiger partial charge in [0.15, 0.2) is 49.9 Å². The summed E-state index contributed by atoms with van der Waals surface area (Å²) in [6.07, 6.45) is 9.70. The quantitative estimate of drug-likeness (QED) is 0.0412. The topological polar surface area (TPSA) is 160 Å². The van der Waals surface area contributed by atoms with Crippen LogP contribution in [0, 0.1) is 17.8 Å². The fourth-order valence-electron chi connectivity index (χ4n) is 10.8. The molecule has 0 radical (unpaired) electrons. The van der Waals surface area contributed by atoms with E-state index < -0.39 is 79.7 Å². The Morgan fingerprint density at radius 3 is 0.971 bits per heavy atom. The molecule has 5 N–H and O–H groups in total. The van der Waals surface area contributed by atoms with Crippen LogP contribution in [0.5, 0.6) is 0 Å². The second kappa shape index (κ2) is 25.3. The van der Waals surface area contributed by atoms with Gasteiger partial charge in [-0.3, -0.25) is 16.0 Å². The Kier molecular flexibility index (Phi) is 23.0. The molecule has 22 heteroatoms. The number of aliphatic hydroxyl groups excluding tert-OH is 2. The summed E-state index contributed by atoms with van der Waals surface area (Å²) in [7, 11) is -15.8. The van der Waals surface area contributed by atoms with Crippen molar-refractivity contribution < 1.29 is 49.1 Å². The van der Waals surface area contributed by atoms with Gasteiger partial charge in [-0.1, -0.05) is 0 Å². The molecule has 0 aromatic rings. The third-order valence-corrected chi connectivity index (χ3v) is 36.9. The summed E-state index contributed by atoms with van der Waals surface area (Å²) >= 11 is 0. The third kappa shape index (κ3) is 22.2. The molecule has 8 unspecified atom stereocenters. The monoisotopic (exact) mass is 1100 g/mol. The van der Waals surface area contributed by atoms with Crippen LogP contribution < -0.4 is 16.0 Å². The Labute approximate surface area is 424 Å². The van der Waals surface area contributed by atoms with E-state index in [0.717, 1.165) is 76.3 Å². The lowest BCUT2D eigenvalue weighted by atomic mass is 9.78. The highest BCUT2D eigenvalue weighted by Gasteiger charge is 2.52. The maximum atomic E-state index is 11.9. The number of rotatable bonds is 26. The highest BCUT2D eigenvalue weighted by atomic mass is 28.5. The Morgan fingerprint density at radius 1 is 0.397 bits per heavy atom. The van der Waals surface area contributed by atoms with E-state index >= 15 is 0 Å². The second-order valence-corrected chi connectivity index (χ2v) is 60.6. The smallest absolute Gasteiger partial charge is 0.417 e. The van der Waals surface area contributed by atoms with Gasteiger partial charge in [-0.05, 0) is 201 Å². The van der Waals surface area contributed by atoms with Crippen LogP contribution in [0.15, 0.2) is 0 Å². The predicted octanol–water partition coefficient (Wildman–Crippen LogP) is 9.81. The summed E-state index contributed by atoms with van der Waals surface area (Å²) in [5.74, 6) is 0.475. The molecule has 0 amide bonds. The van der Waals surface area contributed by atoms with Crippen LogP contribution in [0.2, 0.25) is 130 Å². The molecule has 0 aromatic heterocycles. The van der Waals surface area contributed by atoms with E-state index in [1.165, 1.54) is 0 Å². The number of hydrogen-bond acceptors (Lipinski definition) is 14. The molecule has 3 aliphatic carbocycles. The lowest BCUT2D eigenvalue weighted by molar-refractivity contribution is -0.0783. The first-order chi connectivity index (χ1) is 31.1. The zero-order valence-electron chi connectivity index (χ0n) is 46.7. The number of aliphatic hydroxyl groups is 2. The summed E-state index contributed by atoms with van der Waals surface area (Å²) in [6, 6.07) is 1.50. The van der Waals surface area contributed by atoms with Crippen LogP contribution >= 0.6 is 0 Å². The minimum atomic E-state index is -2.93. The van der Waals surface area contributed by atoms with Crippen molar-refractivity contribution in [1.29, 1.82) is 0 Å². The number of ether oxygens (including phenoxy) is 3. The van der Waals surface area contributed by atoms with Crippen molar-refractivity contribution in [3.05, 3.63) is 0 Å². The molecule has 1 saturated heterocycles. The van der Waals surface area contributed by atoms with E-state index in [-0.39, 0.29) is 42.5 Å². The summed E-state index contributed by atoms with van der Waals surface area (Å²) in [4.78, 5) is 0. The molecule has 4 aliphatic rings. The summed E-state index contributed by atoms with van der Waals surface area (Å²) < 4.78 is 60.4. The van der Waals surface area contributed by atoms with Gasteiger partial charge in [-0.25, -0.2) is 0 Å². The molecule has 0 spiro atoms. The van der Waals surface area contributed by atoms with E-state index in [4.69, 9.17) is 38.9 Å². The van der Waals surface area contributed by atoms with Gasteiger partial charge in [0, 0.05) is 44.2 Å². The molecule has 0 aromatic carbocycles. The molecular weight excluding hydrogens is 995 g/mol. The first kappa shape index (κ1) is 61.7. The van der Waals surface area contributed by atoms with Crippen molar-refractivity contribution in [3.8, 4) is 0 Å². The fraction of sp³-hybridized carbons (Fsp3) is 1.00. The average molecular weight is 1100 g/mol. The normalized spacial score (nSPS) is 31.3. The van der Waals surface area contributed by atoms with Crippen molar-refractivity contribution in [2.75, 3.05) is 20.3 Å². The fourth-order valence-corrected chi connectivity index (χ4v) is 40.0. The van der Waals surface area contributed by atoms with Gasteiger partial charge in [0.05, 0.1) is 49.0 Å². The van der Waals surface area contributed by atoms with Crippen molar-refractivity contribution in [2.45, 2.75) is 256 Å². The molecule has 4 fully saturated rings. The lowest BCUT2D eigenvalue weighted by Gasteiger charge is -2.51. The molecule has 1 heterocycles. The molecular formula is C46H105N3O11Si8. The van der Waals surface area contributed by atoms with Gasteiger partial charge in [0.1, 0.15) is 0 Å². The zero-order valence-corrected chi connectivity index (χ0v) is 54.7. The largest absolute Gasteiger partial charge is 0.469 e. The summed E-state index contributed by atoms with van der Waals surface area (Å²) in [6.45, 7) is 41.3. The van der Waals surface area contributed by atoms with Crippen LogP contribution in [-0.2, 0) is 38.9 Å². The van der Waals surface area contributed by atoms with Gasteiger partial charge in [-0.2, -0.15) is 0 Å². The van der Waals surface area contributed by atoms with Crippen LogP contribution in [0.3, 0.4) is 0 Å². The van der Waals surface area contributed by atoms with Gasteiger partial charge in [-0.15, -0.1) is 0 Å². The highest BCUT2D eigenvalue weighted by molar-refractivity contribution is 6.91. The SMILES string of the molecule is COC1CCC(C2NC(C3CCC(OCCC[Si](O[Si](C)(C)C)(O[Si](C)(C)C)O[Si](C)(C)C)CC3O)NC(C3CCC(OCCC[Si](O[Si](C)(C)C)(O[Si](C)(C)C)O[Si](C)(C)C)CC3O)N2)CC1. The maximum absolute atomic E-state index is 11.9. The number of nitrogens with one attached hydrogen (secondary N) is 3. The zero-order chi connectivity index (χ0) is 51.1. The van der Waals surface area contributed by atoms with Gasteiger partial charge >= 0.3 is 17.6 Å². The van der Waals surface area contributed by atoms with E-state index in [2.05, 4.69) is 134 Å². The second-order valence-electron chi connectivity index (χ2n) is 26.6. The molecule has 3 saturated carbocycles. The molecule has 8 atom stereocenters. The molecule has 4 rings (SSSR count). The maximum Gasteiger partial charge on any atom is 0.469 e. The summed E-state index contributed by atoms with van der Waals surface area (Å²) in [5, 5.41) is 35.7. The van der Waals surface area contributed by atoms with Crippen LogP contribution in [-0.4, -0.2) is 147 Å². The molecule has 68 heavy (non-hydrogen) atoms. The molecule has 0 bridgehead atoms. The van der Waals surface area contributed by atoms with Crippen LogP contribution in [0.1, 0.15) is 77.0 Å². The van der Waals surface area contributed by atoms with Crippen molar-refractivity contribution >= 4 is 67.5 Å². The third-order valence-electron chi connectivity index (χ3n) is 12.8. The van der Waals surface area contributed by atoms with Crippen LogP contribution in [0.25, 0.3) is 0 Å². The number of hydrogen-bond donors (Lipinski definition) is 5. The van der Waals surface area contributed by atoms with E-state index in [0.29, 0.717) is 38.1 Å². The standard InChI is InChI=1S/C46H105N3O11Si8/c1-52-37-24-22-36(23-25-37)44-47-45(40-28-26-38(34-42(40)50)53-30-20-32-67(55-61(2,3)4,56-62(5,6)7)57-63(8,9)10)49-46(48-44)41-29-27-39(35-43(41)51)54-31-21-33-68(58-64(11,12)13,59-65(14,15)16)60-66(17,18)19/h36-51H,20-35H2,1-19H3. The highest BCUT2D eigenvalue weighted by Crippen LogP contribution is 2.37. The Hall–Kier alpha value is 1.18. The molecule has 14 nitrogen and oxygen atoms in total. The first-order valence-corrected chi connectivity index (χ1v) is 51.0. The van der Waals surface area contributed by atoms with Gasteiger partial charge in [0.25, 0.3) is 0 Å². The van der Waals surface area contributed by atoms with E-state index in [1.54, 1.807) is 0 Å². The Bertz CT molecular complexity index is 1320. The minimum Gasteiger partial charge on any atom is -0.417 e. The number of methoxy groups -OCH3 is 1. The first-order valence-electron chi connectivity index (χ1n) is 26.7. The minimum absolute atomic E-state index is 0.00635. The Balaban J connectivity index is 1.38. The predicted molar refractivity (Wildman–Crippen MR) is 297 cm³/mol. The van der Waals surface area contributed by atoms with E-state index in [9.17, 15) is 10.2 Å². The molecule has 1 aliphatic heterocycles. The van der Waals surface area contributed by atoms with Crippen molar-refractivity contribution in [2.24, 2.45) is 17.8 Å². The van der Waals surface area contributed by atoms with Gasteiger partial charge < -0.3 is 49.1 Å². The van der Waals surface area contributed by atoms with E-state index in [1.807, 2.05) is 7.11 Å². The molecule has 402 valence electrons.